The predicted molar refractivity (Wildman–Crippen MR) is 125 cm³/mol. The number of anilines is 1. The summed E-state index contributed by atoms with van der Waals surface area (Å²) in [5.41, 5.74) is 1.02. The van der Waals surface area contributed by atoms with Gasteiger partial charge in [0.05, 0.1) is 16.2 Å². The second kappa shape index (κ2) is 10.2. The van der Waals surface area contributed by atoms with Gasteiger partial charge in [-0.3, -0.25) is 15.0 Å². The summed E-state index contributed by atoms with van der Waals surface area (Å²) in [6.45, 7) is 16.5. The quantitative estimate of drug-likeness (QED) is 0.423. The summed E-state index contributed by atoms with van der Waals surface area (Å²) in [5.74, 6) is 0. The molecule has 2 aromatic rings. The molecule has 9 heteroatoms. The number of rotatable bonds is 6. The van der Waals surface area contributed by atoms with Crippen molar-refractivity contribution in [3.8, 4) is 11.3 Å². The van der Waals surface area contributed by atoms with Gasteiger partial charge < -0.3 is 4.74 Å². The zero-order valence-corrected chi connectivity index (χ0v) is 20.1. The van der Waals surface area contributed by atoms with Crippen molar-refractivity contribution in [2.45, 2.75) is 66.1 Å². The summed E-state index contributed by atoms with van der Waals surface area (Å²) in [6, 6.07) is 7.53. The summed E-state index contributed by atoms with van der Waals surface area (Å²) in [4.78, 5) is 30.5. The van der Waals surface area contributed by atoms with Gasteiger partial charge in [-0.15, -0.1) is 11.3 Å². The largest absolute Gasteiger partial charge is 0.447 e. The van der Waals surface area contributed by atoms with Crippen LogP contribution in [0.25, 0.3) is 11.3 Å². The topological polar surface area (TPSA) is 88.8 Å². The molecule has 3 rings (SSSR count). The minimum atomic E-state index is -0.445. The van der Waals surface area contributed by atoms with E-state index in [-0.39, 0.29) is 5.69 Å². The van der Waals surface area contributed by atoms with Crippen LogP contribution >= 0.6 is 11.3 Å². The lowest BCUT2D eigenvalue weighted by Gasteiger charge is -2.28. The molecule has 1 aliphatic rings. The molecular formula is C22H32N4O4S. The highest BCUT2D eigenvalue weighted by Gasteiger charge is 2.42. The van der Waals surface area contributed by atoms with Crippen LogP contribution in [0.5, 0.6) is 0 Å². The van der Waals surface area contributed by atoms with E-state index in [4.69, 9.17) is 4.74 Å². The summed E-state index contributed by atoms with van der Waals surface area (Å²) in [7, 11) is 0. The third kappa shape index (κ3) is 6.01. The van der Waals surface area contributed by atoms with Crippen molar-refractivity contribution in [2.75, 3.05) is 18.1 Å². The molecule has 1 aromatic carbocycles. The third-order valence-electron chi connectivity index (χ3n) is 5.09. The van der Waals surface area contributed by atoms with Crippen LogP contribution in [0.15, 0.2) is 29.6 Å². The standard InChI is InChI=1S/C14H13N3O4S.C8H19N/c1-14(2)8-21-13(18)16(14)12-15-11(7-22-12)9-3-5-10(6-4-9)17(19)20;1-6-9(7(2)3)8(4)5/h3-7H,8H2,1-2H3;7-8H,6H2,1-5H3. The van der Waals surface area contributed by atoms with Crippen molar-refractivity contribution in [1.82, 2.24) is 9.88 Å². The summed E-state index contributed by atoms with van der Waals surface area (Å²) >= 11 is 1.34. The van der Waals surface area contributed by atoms with Crippen LogP contribution < -0.4 is 4.90 Å². The van der Waals surface area contributed by atoms with E-state index in [0.717, 1.165) is 12.1 Å². The minimum absolute atomic E-state index is 0.0310. The number of carbonyl (C=O) groups excluding carboxylic acids is 1. The zero-order valence-electron chi connectivity index (χ0n) is 19.3. The third-order valence-corrected chi connectivity index (χ3v) is 5.91. The molecule has 8 nitrogen and oxygen atoms in total. The minimum Gasteiger partial charge on any atom is -0.447 e. The molecule has 0 spiro atoms. The molecule has 2 heterocycles. The molecule has 0 atom stereocenters. The number of hydrogen-bond donors (Lipinski definition) is 0. The highest BCUT2D eigenvalue weighted by atomic mass is 32.1. The molecule has 0 saturated carbocycles. The van der Waals surface area contributed by atoms with Gasteiger partial charge in [0.2, 0.25) is 0 Å². The molecule has 0 aliphatic carbocycles. The fourth-order valence-electron chi connectivity index (χ4n) is 3.53. The van der Waals surface area contributed by atoms with Gasteiger partial charge >= 0.3 is 6.09 Å². The van der Waals surface area contributed by atoms with E-state index in [1.165, 1.54) is 28.4 Å². The van der Waals surface area contributed by atoms with E-state index < -0.39 is 16.6 Å². The Kier molecular flexibility index (Phi) is 8.14. The van der Waals surface area contributed by atoms with Gasteiger partial charge in [0.15, 0.2) is 5.13 Å². The SMILES string of the molecule is CC1(C)COC(=O)N1c1nc(-c2ccc([N+](=O)[O-])cc2)cs1.CCN(C(C)C)C(C)C. The zero-order chi connectivity index (χ0) is 23.3. The smallest absolute Gasteiger partial charge is 0.416 e. The number of non-ortho nitro benzene ring substituents is 1. The van der Waals surface area contributed by atoms with E-state index in [1.54, 1.807) is 12.1 Å². The average molecular weight is 449 g/mol. The highest BCUT2D eigenvalue weighted by Crippen LogP contribution is 2.35. The number of nitro groups is 1. The van der Waals surface area contributed by atoms with Crippen molar-refractivity contribution in [3.63, 3.8) is 0 Å². The Morgan fingerprint density at radius 3 is 2.19 bits per heavy atom. The first-order valence-electron chi connectivity index (χ1n) is 10.4. The van der Waals surface area contributed by atoms with Gasteiger partial charge in [0.1, 0.15) is 6.61 Å². The maximum atomic E-state index is 11.9. The second-order valence-electron chi connectivity index (χ2n) is 8.54. The van der Waals surface area contributed by atoms with Crippen LogP contribution in [0.1, 0.15) is 48.5 Å². The van der Waals surface area contributed by atoms with Gasteiger partial charge in [0.25, 0.3) is 5.69 Å². The Bertz CT molecular complexity index is 885. The number of amides is 1. The molecule has 1 amide bonds. The number of cyclic esters (lactones) is 1. The second-order valence-corrected chi connectivity index (χ2v) is 9.38. The lowest BCUT2D eigenvalue weighted by atomic mass is 10.1. The average Bonchev–Trinajstić information content (AvgIpc) is 3.26. The number of aromatic nitrogens is 1. The first-order chi connectivity index (χ1) is 14.5. The first kappa shape index (κ1) is 24.7. The van der Waals surface area contributed by atoms with Crippen LogP contribution in [0.3, 0.4) is 0 Å². The van der Waals surface area contributed by atoms with E-state index >= 15 is 0 Å². The van der Waals surface area contributed by atoms with Crippen LogP contribution in [0, 0.1) is 10.1 Å². The Hall–Kier alpha value is -2.52. The molecule has 1 fully saturated rings. The highest BCUT2D eigenvalue weighted by molar-refractivity contribution is 7.14. The van der Waals surface area contributed by atoms with E-state index in [2.05, 4.69) is 44.5 Å². The van der Waals surface area contributed by atoms with E-state index in [9.17, 15) is 14.9 Å². The number of nitro benzene ring substituents is 1. The van der Waals surface area contributed by atoms with Crippen molar-refractivity contribution >= 4 is 28.2 Å². The predicted octanol–water partition coefficient (Wildman–Crippen LogP) is 5.58. The Balaban J connectivity index is 0.000000323. The number of thiazole rings is 1. The lowest BCUT2D eigenvalue weighted by Crippen LogP contribution is -2.42. The van der Waals surface area contributed by atoms with Crippen LogP contribution in [0.4, 0.5) is 15.6 Å². The Morgan fingerprint density at radius 2 is 1.81 bits per heavy atom. The fourth-order valence-corrected chi connectivity index (χ4v) is 4.52. The van der Waals surface area contributed by atoms with Crippen molar-refractivity contribution in [1.29, 1.82) is 0 Å². The van der Waals surface area contributed by atoms with Gasteiger partial charge in [0, 0.05) is 35.2 Å². The summed E-state index contributed by atoms with van der Waals surface area (Å²) in [6.07, 6.45) is -0.408. The molecular weight excluding hydrogens is 416 g/mol. The fraction of sp³-hybridized carbons (Fsp3) is 0.545. The molecule has 0 bridgehead atoms. The molecule has 31 heavy (non-hydrogen) atoms. The number of hydrogen-bond acceptors (Lipinski definition) is 7. The Morgan fingerprint density at radius 1 is 1.23 bits per heavy atom. The van der Waals surface area contributed by atoms with Crippen molar-refractivity contribution in [2.24, 2.45) is 0 Å². The Labute approximate surface area is 188 Å². The number of benzene rings is 1. The van der Waals surface area contributed by atoms with Crippen molar-refractivity contribution in [3.05, 3.63) is 39.8 Å². The maximum Gasteiger partial charge on any atom is 0.416 e. The molecule has 1 aliphatic heterocycles. The number of nitrogens with zero attached hydrogens (tertiary/aromatic N) is 4. The van der Waals surface area contributed by atoms with Gasteiger partial charge in [-0.1, -0.05) is 6.92 Å². The summed E-state index contributed by atoms with van der Waals surface area (Å²) < 4.78 is 5.07. The molecule has 0 N–H and O–H groups in total. The molecule has 1 aromatic heterocycles. The monoisotopic (exact) mass is 448 g/mol. The van der Waals surface area contributed by atoms with Crippen LogP contribution in [-0.2, 0) is 4.74 Å². The van der Waals surface area contributed by atoms with Crippen LogP contribution in [-0.4, -0.2) is 51.7 Å². The lowest BCUT2D eigenvalue weighted by molar-refractivity contribution is -0.384. The van der Waals surface area contributed by atoms with Crippen LogP contribution in [0.2, 0.25) is 0 Å². The maximum absolute atomic E-state index is 11.9. The van der Waals surface area contributed by atoms with E-state index in [1.807, 2.05) is 19.2 Å². The van der Waals surface area contributed by atoms with E-state index in [0.29, 0.717) is 29.5 Å². The first-order valence-corrected chi connectivity index (χ1v) is 11.3. The van der Waals surface area contributed by atoms with Crippen molar-refractivity contribution < 1.29 is 14.5 Å². The number of ether oxygens (including phenoxy) is 1. The summed E-state index contributed by atoms with van der Waals surface area (Å²) in [5, 5.41) is 13.0. The molecule has 0 unspecified atom stereocenters. The van der Waals surface area contributed by atoms with Gasteiger partial charge in [-0.25, -0.2) is 14.7 Å². The molecule has 170 valence electrons. The van der Waals surface area contributed by atoms with Gasteiger partial charge in [-0.2, -0.15) is 0 Å². The normalized spacial score (nSPS) is 15.3. The molecule has 1 saturated heterocycles. The van der Waals surface area contributed by atoms with Gasteiger partial charge in [-0.05, 0) is 60.2 Å². The number of carbonyl (C=O) groups is 1. The molecule has 0 radical (unpaired) electrons.